The molecule has 0 saturated heterocycles. The van der Waals surface area contributed by atoms with Crippen LogP contribution in [0.5, 0.6) is 0 Å². The summed E-state index contributed by atoms with van der Waals surface area (Å²) in [7, 11) is 0. The van der Waals surface area contributed by atoms with E-state index >= 15 is 0 Å². The molecule has 3 nitrogen and oxygen atoms in total. The van der Waals surface area contributed by atoms with E-state index in [2.05, 4.69) is 33.9 Å². The molecule has 1 saturated carbocycles. The molecule has 2 aromatic rings. The molecule has 0 radical (unpaired) electrons. The van der Waals surface area contributed by atoms with Crippen LogP contribution in [-0.2, 0) is 11.8 Å². The van der Waals surface area contributed by atoms with Crippen molar-refractivity contribution in [2.75, 3.05) is 6.54 Å². The molecule has 0 bridgehead atoms. The maximum absolute atomic E-state index is 9.53. The van der Waals surface area contributed by atoms with Gasteiger partial charge in [0.15, 0.2) is 0 Å². The lowest BCUT2D eigenvalue weighted by Gasteiger charge is -2.43. The van der Waals surface area contributed by atoms with Crippen LogP contribution in [0, 0.1) is 18.3 Å². The molecule has 1 aromatic carbocycles. The third-order valence-electron chi connectivity index (χ3n) is 4.21. The van der Waals surface area contributed by atoms with Gasteiger partial charge in [-0.15, -0.1) is 11.3 Å². The van der Waals surface area contributed by atoms with Gasteiger partial charge in [0.25, 0.3) is 0 Å². The first-order valence-electron chi connectivity index (χ1n) is 7.33. The normalized spacial score (nSPS) is 24.3. The Balaban J connectivity index is 1.50. The average Bonchev–Trinajstić information content (AvgIpc) is 2.88. The van der Waals surface area contributed by atoms with E-state index in [0.29, 0.717) is 6.04 Å². The zero-order valence-corrected chi connectivity index (χ0v) is 13.0. The molecule has 1 N–H and O–H groups in total. The van der Waals surface area contributed by atoms with Gasteiger partial charge in [-0.1, -0.05) is 30.3 Å². The van der Waals surface area contributed by atoms with Gasteiger partial charge >= 0.3 is 0 Å². The lowest BCUT2D eigenvalue weighted by Crippen LogP contribution is -2.51. The molecule has 1 aromatic heterocycles. The summed E-state index contributed by atoms with van der Waals surface area (Å²) >= 11 is 1.70. The van der Waals surface area contributed by atoms with Crippen molar-refractivity contribution in [1.82, 2.24) is 10.3 Å². The molecular formula is C17H19N3S. The van der Waals surface area contributed by atoms with Crippen LogP contribution >= 0.6 is 11.3 Å². The lowest BCUT2D eigenvalue weighted by atomic mass is 9.62. The van der Waals surface area contributed by atoms with Crippen molar-refractivity contribution in [3.8, 4) is 6.07 Å². The van der Waals surface area contributed by atoms with Gasteiger partial charge in [-0.25, -0.2) is 4.98 Å². The predicted octanol–water partition coefficient (Wildman–Crippen LogP) is 3.21. The molecule has 3 rings (SSSR count). The molecule has 0 spiro atoms. The Labute approximate surface area is 129 Å². The second kappa shape index (κ2) is 5.97. The molecule has 0 amide bonds. The van der Waals surface area contributed by atoms with Crippen molar-refractivity contribution >= 4 is 11.3 Å². The number of hydrogen-bond donors (Lipinski definition) is 1. The van der Waals surface area contributed by atoms with Gasteiger partial charge < -0.3 is 5.32 Å². The summed E-state index contributed by atoms with van der Waals surface area (Å²) in [5, 5.41) is 16.3. The van der Waals surface area contributed by atoms with Gasteiger partial charge in [-0.3, -0.25) is 0 Å². The molecule has 4 heteroatoms. The third kappa shape index (κ3) is 2.99. The smallest absolute Gasteiger partial charge is 0.0897 e. The van der Waals surface area contributed by atoms with Crippen LogP contribution in [0.2, 0.25) is 0 Å². The number of hydrogen-bond acceptors (Lipinski definition) is 4. The van der Waals surface area contributed by atoms with Crippen molar-refractivity contribution in [2.24, 2.45) is 0 Å². The average molecular weight is 297 g/mol. The Kier molecular flexibility index (Phi) is 4.05. The first-order valence-corrected chi connectivity index (χ1v) is 8.21. The monoisotopic (exact) mass is 297 g/mol. The molecule has 0 atom stereocenters. The van der Waals surface area contributed by atoms with Crippen molar-refractivity contribution in [3.05, 3.63) is 52.0 Å². The summed E-state index contributed by atoms with van der Waals surface area (Å²) in [6, 6.07) is 13.1. The highest BCUT2D eigenvalue weighted by molar-refractivity contribution is 7.09. The van der Waals surface area contributed by atoms with Gasteiger partial charge in [0.1, 0.15) is 0 Å². The number of nitrogens with zero attached hydrogens (tertiary/aromatic N) is 2. The Morgan fingerprint density at radius 2 is 2.14 bits per heavy atom. The summed E-state index contributed by atoms with van der Waals surface area (Å²) in [4.78, 5) is 4.47. The second-order valence-electron chi connectivity index (χ2n) is 5.73. The predicted molar refractivity (Wildman–Crippen MR) is 85.3 cm³/mol. The minimum absolute atomic E-state index is 0.282. The maximum Gasteiger partial charge on any atom is 0.0897 e. The van der Waals surface area contributed by atoms with E-state index < -0.39 is 0 Å². The fourth-order valence-corrected chi connectivity index (χ4v) is 3.65. The maximum atomic E-state index is 9.53. The van der Waals surface area contributed by atoms with Gasteiger partial charge in [0, 0.05) is 24.4 Å². The quantitative estimate of drug-likeness (QED) is 0.922. The Bertz CT molecular complexity index is 636. The standard InChI is InChI=1S/C17H19N3S/c1-13-20-15(11-21-13)7-8-19-16-9-17(10-16,12-18)14-5-3-2-4-6-14/h2-6,11,16,19H,7-10H2,1H3. The first kappa shape index (κ1) is 14.2. The van der Waals surface area contributed by atoms with Crippen LogP contribution in [0.25, 0.3) is 0 Å². The van der Waals surface area contributed by atoms with Gasteiger partial charge in [-0.2, -0.15) is 5.26 Å². The zero-order chi connectivity index (χ0) is 14.7. The molecular weight excluding hydrogens is 278 g/mol. The van der Waals surface area contributed by atoms with Gasteiger partial charge in [0.05, 0.1) is 22.2 Å². The van der Waals surface area contributed by atoms with E-state index in [0.717, 1.165) is 36.4 Å². The molecule has 1 aliphatic rings. The number of aromatic nitrogens is 1. The number of benzene rings is 1. The topological polar surface area (TPSA) is 48.7 Å². The second-order valence-corrected chi connectivity index (χ2v) is 6.79. The highest BCUT2D eigenvalue weighted by atomic mass is 32.1. The number of nitrogens with one attached hydrogen (secondary N) is 1. The number of nitriles is 1. The van der Waals surface area contributed by atoms with Crippen molar-refractivity contribution in [2.45, 2.75) is 37.6 Å². The van der Waals surface area contributed by atoms with Crippen LogP contribution in [0.3, 0.4) is 0 Å². The van der Waals surface area contributed by atoms with E-state index in [9.17, 15) is 5.26 Å². The first-order chi connectivity index (χ1) is 10.2. The largest absolute Gasteiger partial charge is 0.313 e. The van der Waals surface area contributed by atoms with Crippen molar-refractivity contribution < 1.29 is 0 Å². The summed E-state index contributed by atoms with van der Waals surface area (Å²) in [5.74, 6) is 0. The van der Waals surface area contributed by atoms with E-state index in [1.165, 1.54) is 5.69 Å². The fourth-order valence-electron chi connectivity index (χ4n) is 3.00. The Morgan fingerprint density at radius 1 is 1.38 bits per heavy atom. The third-order valence-corrected chi connectivity index (χ3v) is 5.03. The van der Waals surface area contributed by atoms with Gasteiger partial charge in [0.2, 0.25) is 0 Å². The van der Waals surface area contributed by atoms with Crippen LogP contribution in [0.4, 0.5) is 0 Å². The van der Waals surface area contributed by atoms with E-state index in [-0.39, 0.29) is 5.41 Å². The van der Waals surface area contributed by atoms with Crippen molar-refractivity contribution in [3.63, 3.8) is 0 Å². The SMILES string of the molecule is Cc1nc(CCNC2CC(C#N)(c3ccccc3)C2)cs1. The summed E-state index contributed by atoms with van der Waals surface area (Å²) < 4.78 is 0. The number of thiazole rings is 1. The fraction of sp³-hybridized carbons (Fsp3) is 0.412. The van der Waals surface area contributed by atoms with Crippen molar-refractivity contribution in [1.29, 1.82) is 5.26 Å². The summed E-state index contributed by atoms with van der Waals surface area (Å²) in [6.45, 7) is 2.97. The molecule has 21 heavy (non-hydrogen) atoms. The minimum Gasteiger partial charge on any atom is -0.313 e. The molecule has 0 unspecified atom stereocenters. The Morgan fingerprint density at radius 3 is 2.76 bits per heavy atom. The lowest BCUT2D eigenvalue weighted by molar-refractivity contribution is 0.228. The molecule has 108 valence electrons. The van der Waals surface area contributed by atoms with E-state index in [4.69, 9.17) is 0 Å². The number of rotatable bonds is 5. The van der Waals surface area contributed by atoms with Crippen LogP contribution in [0.15, 0.2) is 35.7 Å². The Hall–Kier alpha value is -1.70. The van der Waals surface area contributed by atoms with E-state index in [1.807, 2.05) is 25.1 Å². The highest BCUT2D eigenvalue weighted by Crippen LogP contribution is 2.43. The summed E-state index contributed by atoms with van der Waals surface area (Å²) in [5.41, 5.74) is 2.04. The van der Waals surface area contributed by atoms with E-state index in [1.54, 1.807) is 11.3 Å². The zero-order valence-electron chi connectivity index (χ0n) is 12.2. The van der Waals surface area contributed by atoms with Crippen LogP contribution in [-0.4, -0.2) is 17.6 Å². The van der Waals surface area contributed by atoms with Gasteiger partial charge in [-0.05, 0) is 25.3 Å². The molecule has 1 heterocycles. The van der Waals surface area contributed by atoms with Crippen LogP contribution in [0.1, 0.15) is 29.1 Å². The molecule has 1 fully saturated rings. The number of aryl methyl sites for hydroxylation is 1. The molecule has 1 aliphatic carbocycles. The summed E-state index contributed by atoms with van der Waals surface area (Å²) in [6.07, 6.45) is 2.78. The minimum atomic E-state index is -0.282. The highest BCUT2D eigenvalue weighted by Gasteiger charge is 2.45. The van der Waals surface area contributed by atoms with Crippen LogP contribution < -0.4 is 5.32 Å². The molecule has 0 aliphatic heterocycles.